The summed E-state index contributed by atoms with van der Waals surface area (Å²) in [5.74, 6) is -0.665. The molecule has 0 bridgehead atoms. The number of likely N-dealkylation sites (tertiary alicyclic amines) is 1. The summed E-state index contributed by atoms with van der Waals surface area (Å²) in [4.78, 5) is 25.2. The number of piperidine rings is 1. The maximum Gasteiger partial charge on any atom is 0.410 e. The standard InChI is InChI=1S/C16H27NO5/c1-16(2,3)22-15(20)17-7-4-11(5-8-17)12-6-9-21-10-13(12)14(18)19/h11-13H,4-10H2,1-3H3,(H,18,19). The van der Waals surface area contributed by atoms with E-state index >= 15 is 0 Å². The van der Waals surface area contributed by atoms with Crippen molar-refractivity contribution in [2.75, 3.05) is 26.3 Å². The second-order valence-electron chi connectivity index (χ2n) is 7.28. The molecule has 0 spiro atoms. The topological polar surface area (TPSA) is 76.1 Å². The molecule has 2 atom stereocenters. The molecule has 2 saturated heterocycles. The third-order valence-corrected chi connectivity index (χ3v) is 4.52. The van der Waals surface area contributed by atoms with Gasteiger partial charge in [0, 0.05) is 19.7 Å². The summed E-state index contributed by atoms with van der Waals surface area (Å²) in [5, 5.41) is 9.34. The number of amides is 1. The van der Waals surface area contributed by atoms with Crippen molar-refractivity contribution in [1.29, 1.82) is 0 Å². The second-order valence-corrected chi connectivity index (χ2v) is 7.28. The highest BCUT2D eigenvalue weighted by Crippen LogP contribution is 2.35. The van der Waals surface area contributed by atoms with E-state index in [0.29, 0.717) is 32.2 Å². The van der Waals surface area contributed by atoms with Crippen molar-refractivity contribution >= 4 is 12.1 Å². The third-order valence-electron chi connectivity index (χ3n) is 4.52. The number of nitrogens with zero attached hydrogens (tertiary/aromatic N) is 1. The van der Waals surface area contributed by atoms with Gasteiger partial charge < -0.3 is 19.5 Å². The summed E-state index contributed by atoms with van der Waals surface area (Å²) in [7, 11) is 0. The van der Waals surface area contributed by atoms with Crippen molar-refractivity contribution in [2.24, 2.45) is 17.8 Å². The van der Waals surface area contributed by atoms with Crippen LogP contribution in [-0.2, 0) is 14.3 Å². The van der Waals surface area contributed by atoms with Gasteiger partial charge in [0.2, 0.25) is 0 Å². The number of carbonyl (C=O) groups excluding carboxylic acids is 1. The Morgan fingerprint density at radius 3 is 2.36 bits per heavy atom. The SMILES string of the molecule is CC(C)(C)OC(=O)N1CCC(C2CCOCC2C(=O)O)CC1. The van der Waals surface area contributed by atoms with Crippen molar-refractivity contribution in [1.82, 2.24) is 4.90 Å². The molecule has 0 aromatic rings. The van der Waals surface area contributed by atoms with E-state index in [9.17, 15) is 14.7 Å². The first-order valence-corrected chi connectivity index (χ1v) is 8.06. The fourth-order valence-electron chi connectivity index (χ4n) is 3.41. The van der Waals surface area contributed by atoms with E-state index in [1.807, 2.05) is 20.8 Å². The van der Waals surface area contributed by atoms with Crippen LogP contribution in [0.15, 0.2) is 0 Å². The minimum absolute atomic E-state index is 0.159. The van der Waals surface area contributed by atoms with Crippen LogP contribution in [0.5, 0.6) is 0 Å². The number of hydrogen-bond donors (Lipinski definition) is 1. The minimum atomic E-state index is -0.765. The number of hydrogen-bond acceptors (Lipinski definition) is 4. The van der Waals surface area contributed by atoms with E-state index in [1.165, 1.54) is 0 Å². The molecule has 2 rings (SSSR count). The molecule has 0 radical (unpaired) electrons. The number of carboxylic acid groups (broad SMARTS) is 1. The van der Waals surface area contributed by atoms with Gasteiger partial charge in [0.15, 0.2) is 0 Å². The predicted molar refractivity (Wildman–Crippen MR) is 80.6 cm³/mol. The van der Waals surface area contributed by atoms with Crippen molar-refractivity contribution < 1.29 is 24.2 Å². The summed E-state index contributed by atoms with van der Waals surface area (Å²) < 4.78 is 10.7. The largest absolute Gasteiger partial charge is 0.481 e. The fraction of sp³-hybridized carbons (Fsp3) is 0.875. The lowest BCUT2D eigenvalue weighted by Gasteiger charge is -2.40. The van der Waals surface area contributed by atoms with Crippen molar-refractivity contribution in [2.45, 2.75) is 45.6 Å². The van der Waals surface area contributed by atoms with Crippen LogP contribution < -0.4 is 0 Å². The zero-order chi connectivity index (χ0) is 16.3. The molecule has 2 fully saturated rings. The van der Waals surface area contributed by atoms with E-state index in [1.54, 1.807) is 4.90 Å². The van der Waals surface area contributed by atoms with E-state index in [-0.39, 0.29) is 12.0 Å². The van der Waals surface area contributed by atoms with Crippen LogP contribution in [0.2, 0.25) is 0 Å². The molecule has 6 heteroatoms. The molecule has 2 aliphatic heterocycles. The van der Waals surface area contributed by atoms with E-state index in [0.717, 1.165) is 19.3 Å². The highest BCUT2D eigenvalue weighted by molar-refractivity contribution is 5.70. The summed E-state index contributed by atoms with van der Waals surface area (Å²) in [6, 6.07) is 0. The van der Waals surface area contributed by atoms with Crippen LogP contribution in [0.3, 0.4) is 0 Å². The van der Waals surface area contributed by atoms with Crippen LogP contribution in [-0.4, -0.2) is 54.0 Å². The van der Waals surface area contributed by atoms with Crippen molar-refractivity contribution in [3.63, 3.8) is 0 Å². The molecule has 0 saturated carbocycles. The normalized spacial score (nSPS) is 27.5. The maximum absolute atomic E-state index is 12.1. The lowest BCUT2D eigenvalue weighted by molar-refractivity contribution is -0.151. The van der Waals surface area contributed by atoms with Gasteiger partial charge >= 0.3 is 12.1 Å². The van der Waals surface area contributed by atoms with Crippen LogP contribution in [0, 0.1) is 17.8 Å². The quantitative estimate of drug-likeness (QED) is 0.847. The minimum Gasteiger partial charge on any atom is -0.481 e. The van der Waals surface area contributed by atoms with Gasteiger partial charge in [-0.15, -0.1) is 0 Å². The van der Waals surface area contributed by atoms with E-state index < -0.39 is 17.5 Å². The van der Waals surface area contributed by atoms with Gasteiger partial charge in [-0.2, -0.15) is 0 Å². The molecule has 0 aliphatic carbocycles. The number of rotatable bonds is 2. The number of ether oxygens (including phenoxy) is 2. The summed E-state index contributed by atoms with van der Waals surface area (Å²) in [6.45, 7) is 7.81. The molecule has 2 aliphatic rings. The Hall–Kier alpha value is -1.30. The van der Waals surface area contributed by atoms with Gasteiger partial charge in [-0.1, -0.05) is 0 Å². The number of carboxylic acids is 1. The monoisotopic (exact) mass is 313 g/mol. The number of aliphatic carboxylic acids is 1. The van der Waals surface area contributed by atoms with Gasteiger partial charge in [0.05, 0.1) is 12.5 Å². The molecule has 6 nitrogen and oxygen atoms in total. The average Bonchev–Trinajstić information content (AvgIpc) is 2.45. The lowest BCUT2D eigenvalue weighted by atomic mass is 9.74. The lowest BCUT2D eigenvalue weighted by Crippen LogP contribution is -2.45. The summed E-state index contributed by atoms with van der Waals surface area (Å²) >= 11 is 0. The molecular weight excluding hydrogens is 286 g/mol. The molecule has 1 amide bonds. The number of carbonyl (C=O) groups is 2. The van der Waals surface area contributed by atoms with Crippen LogP contribution in [0.4, 0.5) is 4.79 Å². The van der Waals surface area contributed by atoms with Gasteiger partial charge in [-0.25, -0.2) is 4.79 Å². The van der Waals surface area contributed by atoms with Gasteiger partial charge in [0.1, 0.15) is 5.60 Å². The average molecular weight is 313 g/mol. The molecule has 2 unspecified atom stereocenters. The van der Waals surface area contributed by atoms with Gasteiger partial charge in [-0.05, 0) is 51.9 Å². The highest BCUT2D eigenvalue weighted by Gasteiger charge is 2.39. The maximum atomic E-state index is 12.1. The summed E-state index contributed by atoms with van der Waals surface area (Å²) in [6.07, 6.45) is 2.21. The Morgan fingerprint density at radius 1 is 1.18 bits per heavy atom. The van der Waals surface area contributed by atoms with Crippen LogP contribution in [0.1, 0.15) is 40.0 Å². The first-order valence-electron chi connectivity index (χ1n) is 8.06. The predicted octanol–water partition coefficient (Wildman–Crippen LogP) is 2.37. The molecule has 2 heterocycles. The van der Waals surface area contributed by atoms with Gasteiger partial charge in [0.25, 0.3) is 0 Å². The smallest absolute Gasteiger partial charge is 0.410 e. The van der Waals surface area contributed by atoms with Crippen molar-refractivity contribution in [3.05, 3.63) is 0 Å². The second kappa shape index (κ2) is 6.86. The Balaban J connectivity index is 1.88. The molecular formula is C16H27NO5. The fourth-order valence-corrected chi connectivity index (χ4v) is 3.41. The van der Waals surface area contributed by atoms with Gasteiger partial charge in [-0.3, -0.25) is 4.79 Å². The molecule has 0 aromatic heterocycles. The zero-order valence-electron chi connectivity index (χ0n) is 13.7. The highest BCUT2D eigenvalue weighted by atomic mass is 16.6. The Morgan fingerprint density at radius 2 is 1.82 bits per heavy atom. The first kappa shape index (κ1) is 17.1. The van der Waals surface area contributed by atoms with Crippen LogP contribution >= 0.6 is 0 Å². The Kier molecular flexibility index (Phi) is 5.32. The Labute approximate surface area is 131 Å². The zero-order valence-corrected chi connectivity index (χ0v) is 13.7. The first-order chi connectivity index (χ1) is 10.3. The molecule has 22 heavy (non-hydrogen) atoms. The third kappa shape index (κ3) is 4.35. The molecule has 0 aromatic carbocycles. The van der Waals surface area contributed by atoms with E-state index in [2.05, 4.69) is 0 Å². The van der Waals surface area contributed by atoms with Crippen molar-refractivity contribution in [3.8, 4) is 0 Å². The Bertz CT molecular complexity index is 409. The molecule has 126 valence electrons. The molecule has 1 N–H and O–H groups in total. The summed E-state index contributed by atoms with van der Waals surface area (Å²) in [5.41, 5.74) is -0.483. The van der Waals surface area contributed by atoms with E-state index in [4.69, 9.17) is 9.47 Å². The van der Waals surface area contributed by atoms with Crippen LogP contribution in [0.25, 0.3) is 0 Å².